The topological polar surface area (TPSA) is 47.7 Å². The average Bonchev–Trinajstić information content (AvgIpc) is 2.55. The minimum Gasteiger partial charge on any atom is -0.492 e. The monoisotopic (exact) mass is 286 g/mol. The molecule has 0 spiro atoms. The molecule has 1 aliphatic heterocycles. The van der Waals surface area contributed by atoms with Crippen molar-refractivity contribution in [3.05, 3.63) is 42.0 Å². The fourth-order valence-electron chi connectivity index (χ4n) is 2.77. The van der Waals surface area contributed by atoms with Crippen LogP contribution in [0.4, 0.5) is 0 Å². The molecular weight excluding hydrogens is 264 g/mol. The summed E-state index contributed by atoms with van der Waals surface area (Å²) < 4.78 is 11.3. The van der Waals surface area contributed by atoms with E-state index in [4.69, 9.17) is 15.2 Å². The Morgan fingerprint density at radius 1 is 1.10 bits per heavy atom. The lowest BCUT2D eigenvalue weighted by Gasteiger charge is -2.26. The van der Waals surface area contributed by atoms with Gasteiger partial charge >= 0.3 is 0 Å². The Labute approximate surface area is 125 Å². The Kier molecular flexibility index (Phi) is 4.70. The fourth-order valence-corrected chi connectivity index (χ4v) is 2.77. The summed E-state index contributed by atoms with van der Waals surface area (Å²) in [6, 6.07) is 12.4. The second-order valence-corrected chi connectivity index (χ2v) is 5.27. The van der Waals surface area contributed by atoms with Crippen molar-refractivity contribution in [3.8, 4) is 5.75 Å². The first-order chi connectivity index (χ1) is 10.4. The summed E-state index contributed by atoms with van der Waals surface area (Å²) in [4.78, 5) is 2.37. The Hall–Kier alpha value is -1.62. The third-order valence-corrected chi connectivity index (χ3v) is 3.97. The molecule has 1 saturated heterocycles. The van der Waals surface area contributed by atoms with Crippen molar-refractivity contribution >= 4 is 10.8 Å². The molecule has 0 atom stereocenters. The normalized spacial score (nSPS) is 16.2. The maximum absolute atomic E-state index is 5.98. The van der Waals surface area contributed by atoms with Gasteiger partial charge in [0, 0.05) is 31.7 Å². The van der Waals surface area contributed by atoms with E-state index < -0.39 is 0 Å². The average molecular weight is 286 g/mol. The van der Waals surface area contributed by atoms with Crippen LogP contribution in [0, 0.1) is 0 Å². The van der Waals surface area contributed by atoms with Gasteiger partial charge in [-0.1, -0.05) is 30.3 Å². The Bertz CT molecular complexity index is 594. The van der Waals surface area contributed by atoms with Crippen LogP contribution in [0.5, 0.6) is 5.75 Å². The highest BCUT2D eigenvalue weighted by molar-refractivity contribution is 5.87. The highest BCUT2D eigenvalue weighted by Crippen LogP contribution is 2.27. The van der Waals surface area contributed by atoms with Crippen LogP contribution in [-0.4, -0.2) is 44.4 Å². The van der Waals surface area contributed by atoms with E-state index in [9.17, 15) is 0 Å². The zero-order valence-corrected chi connectivity index (χ0v) is 12.3. The molecule has 112 valence electrons. The number of nitrogens with two attached hydrogens (primary N) is 1. The van der Waals surface area contributed by atoms with Crippen molar-refractivity contribution in [3.63, 3.8) is 0 Å². The van der Waals surface area contributed by atoms with Crippen molar-refractivity contribution < 1.29 is 9.47 Å². The summed E-state index contributed by atoms with van der Waals surface area (Å²) in [5.41, 5.74) is 7.02. The van der Waals surface area contributed by atoms with Gasteiger partial charge in [0.25, 0.3) is 0 Å². The van der Waals surface area contributed by atoms with Crippen molar-refractivity contribution in [2.45, 2.75) is 6.54 Å². The van der Waals surface area contributed by atoms with Crippen molar-refractivity contribution in [1.82, 2.24) is 4.90 Å². The van der Waals surface area contributed by atoms with Gasteiger partial charge in [-0.15, -0.1) is 0 Å². The Balaban J connectivity index is 1.68. The number of morpholine rings is 1. The van der Waals surface area contributed by atoms with Gasteiger partial charge in [-0.05, 0) is 16.8 Å². The van der Waals surface area contributed by atoms with Gasteiger partial charge < -0.3 is 15.2 Å². The van der Waals surface area contributed by atoms with E-state index >= 15 is 0 Å². The SMILES string of the molecule is NCc1c(OCCN2CCOCC2)ccc2ccccc12. The largest absolute Gasteiger partial charge is 0.492 e. The molecule has 1 aliphatic rings. The molecule has 0 aliphatic carbocycles. The van der Waals surface area contributed by atoms with E-state index in [-0.39, 0.29) is 0 Å². The molecule has 4 nitrogen and oxygen atoms in total. The summed E-state index contributed by atoms with van der Waals surface area (Å²) in [5.74, 6) is 0.907. The third-order valence-electron chi connectivity index (χ3n) is 3.97. The zero-order valence-electron chi connectivity index (χ0n) is 12.3. The summed E-state index contributed by atoms with van der Waals surface area (Å²) in [7, 11) is 0. The molecule has 2 aromatic rings. The molecule has 0 amide bonds. The Morgan fingerprint density at radius 2 is 1.90 bits per heavy atom. The van der Waals surface area contributed by atoms with E-state index in [0.29, 0.717) is 13.2 Å². The lowest BCUT2D eigenvalue weighted by atomic mass is 10.0. The highest BCUT2D eigenvalue weighted by Gasteiger charge is 2.11. The van der Waals surface area contributed by atoms with E-state index in [1.54, 1.807) is 0 Å². The zero-order chi connectivity index (χ0) is 14.5. The van der Waals surface area contributed by atoms with E-state index in [2.05, 4.69) is 23.1 Å². The van der Waals surface area contributed by atoms with E-state index in [1.165, 1.54) is 10.8 Å². The van der Waals surface area contributed by atoms with Crippen LogP contribution in [0.2, 0.25) is 0 Å². The number of rotatable bonds is 5. The molecule has 0 unspecified atom stereocenters. The maximum atomic E-state index is 5.98. The molecule has 4 heteroatoms. The summed E-state index contributed by atoms with van der Waals surface area (Å²) in [5, 5.41) is 2.39. The van der Waals surface area contributed by atoms with Gasteiger partial charge in [0.05, 0.1) is 13.2 Å². The molecule has 0 saturated carbocycles. The van der Waals surface area contributed by atoms with Gasteiger partial charge in [-0.2, -0.15) is 0 Å². The molecule has 21 heavy (non-hydrogen) atoms. The van der Waals surface area contributed by atoms with Crippen molar-refractivity contribution in [2.24, 2.45) is 5.73 Å². The van der Waals surface area contributed by atoms with Gasteiger partial charge in [-0.25, -0.2) is 0 Å². The summed E-state index contributed by atoms with van der Waals surface area (Å²) in [6.45, 7) is 5.74. The summed E-state index contributed by atoms with van der Waals surface area (Å²) in [6.07, 6.45) is 0. The molecule has 1 fully saturated rings. The van der Waals surface area contributed by atoms with E-state index in [0.717, 1.165) is 44.2 Å². The standard InChI is InChI=1S/C17H22N2O2/c18-13-16-15-4-2-1-3-14(15)5-6-17(16)21-12-9-19-7-10-20-11-8-19/h1-6H,7-13,18H2. The second-order valence-electron chi connectivity index (χ2n) is 5.27. The van der Waals surface area contributed by atoms with Crippen LogP contribution in [0.25, 0.3) is 10.8 Å². The lowest BCUT2D eigenvalue weighted by Crippen LogP contribution is -2.38. The maximum Gasteiger partial charge on any atom is 0.124 e. The predicted octanol–water partition coefficient (Wildman–Crippen LogP) is 2.01. The molecular formula is C17H22N2O2. The molecule has 3 rings (SSSR count). The molecule has 0 aromatic heterocycles. The van der Waals surface area contributed by atoms with Gasteiger partial charge in [0.15, 0.2) is 0 Å². The second kappa shape index (κ2) is 6.89. The Morgan fingerprint density at radius 3 is 2.71 bits per heavy atom. The lowest BCUT2D eigenvalue weighted by molar-refractivity contribution is 0.0322. The first kappa shape index (κ1) is 14.3. The number of hydrogen-bond donors (Lipinski definition) is 1. The van der Waals surface area contributed by atoms with Crippen LogP contribution in [0.3, 0.4) is 0 Å². The number of ether oxygens (including phenoxy) is 2. The predicted molar refractivity (Wildman–Crippen MR) is 84.6 cm³/mol. The summed E-state index contributed by atoms with van der Waals surface area (Å²) >= 11 is 0. The number of benzene rings is 2. The highest BCUT2D eigenvalue weighted by atomic mass is 16.5. The first-order valence-corrected chi connectivity index (χ1v) is 7.52. The van der Waals surface area contributed by atoms with Crippen LogP contribution in [0.1, 0.15) is 5.56 Å². The quantitative estimate of drug-likeness (QED) is 0.913. The van der Waals surface area contributed by atoms with Crippen molar-refractivity contribution in [1.29, 1.82) is 0 Å². The van der Waals surface area contributed by atoms with E-state index in [1.807, 2.05) is 18.2 Å². The molecule has 0 bridgehead atoms. The minimum absolute atomic E-state index is 0.494. The van der Waals surface area contributed by atoms with Gasteiger partial charge in [0.2, 0.25) is 0 Å². The third kappa shape index (κ3) is 3.35. The van der Waals surface area contributed by atoms with Crippen molar-refractivity contribution in [2.75, 3.05) is 39.5 Å². The molecule has 1 heterocycles. The van der Waals surface area contributed by atoms with Gasteiger partial charge in [0.1, 0.15) is 12.4 Å². The van der Waals surface area contributed by atoms with Gasteiger partial charge in [-0.3, -0.25) is 4.90 Å². The number of nitrogens with zero attached hydrogens (tertiary/aromatic N) is 1. The number of fused-ring (bicyclic) bond motifs is 1. The smallest absolute Gasteiger partial charge is 0.124 e. The minimum atomic E-state index is 0.494. The molecule has 2 aromatic carbocycles. The van der Waals surface area contributed by atoms with Crippen LogP contribution in [0.15, 0.2) is 36.4 Å². The van der Waals surface area contributed by atoms with Crippen LogP contribution < -0.4 is 10.5 Å². The fraction of sp³-hybridized carbons (Fsp3) is 0.412. The molecule has 2 N–H and O–H groups in total. The first-order valence-electron chi connectivity index (χ1n) is 7.52. The molecule has 0 radical (unpaired) electrons. The van der Waals surface area contributed by atoms with Crippen LogP contribution in [-0.2, 0) is 11.3 Å². The van der Waals surface area contributed by atoms with Crippen LogP contribution >= 0.6 is 0 Å². The number of hydrogen-bond acceptors (Lipinski definition) is 4.